The first-order chi connectivity index (χ1) is 17.1. The van der Waals surface area contributed by atoms with Crippen LogP contribution in [0.15, 0.2) is 57.3 Å². The molecule has 0 N–H and O–H groups in total. The van der Waals surface area contributed by atoms with Gasteiger partial charge in [0.2, 0.25) is 0 Å². The molecule has 2 aromatic rings. The lowest BCUT2D eigenvalue weighted by Crippen LogP contribution is -2.30. The smallest absolute Gasteiger partial charge is 0.333 e. The van der Waals surface area contributed by atoms with Gasteiger partial charge in [-0.1, -0.05) is 39.8 Å². The van der Waals surface area contributed by atoms with Crippen LogP contribution in [0.25, 0.3) is 0 Å². The maximum Gasteiger partial charge on any atom is 0.333 e. The van der Waals surface area contributed by atoms with Gasteiger partial charge in [0.25, 0.3) is 0 Å². The van der Waals surface area contributed by atoms with Crippen LogP contribution in [0.2, 0.25) is 0 Å². The van der Waals surface area contributed by atoms with E-state index in [1.807, 2.05) is 39.8 Å². The molecule has 0 aromatic carbocycles. The summed E-state index contributed by atoms with van der Waals surface area (Å²) in [4.78, 5) is 34.0. The van der Waals surface area contributed by atoms with Gasteiger partial charge in [-0.15, -0.1) is 0 Å². The molecule has 0 amide bonds. The number of cyclic esters (lactones) is 2. The lowest BCUT2D eigenvalue weighted by molar-refractivity contribution is -0.147. The Morgan fingerprint density at radius 2 is 1.11 bits per heavy atom. The number of hydrogen-bond donors (Lipinski definition) is 0. The Kier molecular flexibility index (Phi) is 9.67. The Bertz CT molecular complexity index is 956. The van der Waals surface area contributed by atoms with E-state index in [4.69, 9.17) is 18.3 Å². The van der Waals surface area contributed by atoms with Crippen molar-refractivity contribution in [1.82, 2.24) is 9.97 Å². The van der Waals surface area contributed by atoms with E-state index in [2.05, 4.69) is 9.97 Å². The zero-order chi connectivity index (χ0) is 26.2. The number of hydrogen-bond acceptors (Lipinski definition) is 8. The van der Waals surface area contributed by atoms with Crippen molar-refractivity contribution in [1.29, 1.82) is 0 Å². The Hall–Kier alpha value is -3.16. The number of aromatic nitrogens is 2. The molecule has 8 nitrogen and oxygen atoms in total. The quantitative estimate of drug-likeness (QED) is 0.509. The fraction of sp³-hybridized carbons (Fsp3) is 0.571. The highest BCUT2D eigenvalue weighted by Gasteiger charge is 2.28. The molecule has 1 aliphatic heterocycles. The van der Waals surface area contributed by atoms with Crippen molar-refractivity contribution >= 4 is 11.9 Å². The molecule has 196 valence electrons. The predicted molar refractivity (Wildman–Crippen MR) is 134 cm³/mol. The van der Waals surface area contributed by atoms with Crippen molar-refractivity contribution in [3.05, 3.63) is 60.0 Å². The highest BCUT2D eigenvalue weighted by molar-refractivity contribution is 5.88. The predicted octanol–water partition coefficient (Wildman–Crippen LogP) is 5.50. The van der Waals surface area contributed by atoms with Gasteiger partial charge in [-0.05, 0) is 50.4 Å². The molecule has 0 spiro atoms. The normalized spacial score (nSPS) is 29.2. The second-order valence-corrected chi connectivity index (χ2v) is 10.3. The largest absolute Gasteiger partial charge is 0.458 e. The Balaban J connectivity index is 1.87. The lowest BCUT2D eigenvalue weighted by Gasteiger charge is -2.27. The van der Waals surface area contributed by atoms with Gasteiger partial charge < -0.3 is 18.3 Å². The van der Waals surface area contributed by atoms with Crippen LogP contribution in [0, 0.1) is 23.7 Å². The van der Waals surface area contributed by atoms with Gasteiger partial charge in [0, 0.05) is 24.0 Å². The van der Waals surface area contributed by atoms with E-state index in [-0.39, 0.29) is 47.8 Å². The molecule has 0 aliphatic carbocycles. The number of rotatable bonds is 4. The Morgan fingerprint density at radius 1 is 0.722 bits per heavy atom. The van der Waals surface area contributed by atoms with Gasteiger partial charge in [0.05, 0.1) is 12.4 Å². The van der Waals surface area contributed by atoms with Gasteiger partial charge in [0.1, 0.15) is 23.7 Å². The summed E-state index contributed by atoms with van der Waals surface area (Å²) in [5, 5.41) is 0. The van der Waals surface area contributed by atoms with Crippen LogP contribution in [-0.4, -0.2) is 34.1 Å². The van der Waals surface area contributed by atoms with E-state index in [9.17, 15) is 9.59 Å². The van der Waals surface area contributed by atoms with E-state index in [1.54, 1.807) is 26.2 Å². The van der Waals surface area contributed by atoms with Crippen LogP contribution >= 0.6 is 0 Å². The third kappa shape index (κ3) is 7.93. The van der Waals surface area contributed by atoms with Gasteiger partial charge in [-0.25, -0.2) is 19.6 Å². The molecule has 0 saturated heterocycles. The summed E-state index contributed by atoms with van der Waals surface area (Å²) in [7, 11) is 0. The van der Waals surface area contributed by atoms with Crippen LogP contribution < -0.4 is 0 Å². The zero-order valence-electron chi connectivity index (χ0n) is 22.1. The molecule has 0 unspecified atom stereocenters. The molecule has 0 saturated carbocycles. The fourth-order valence-corrected chi connectivity index (χ4v) is 4.86. The van der Waals surface area contributed by atoms with Gasteiger partial charge in [-0.2, -0.15) is 0 Å². The van der Waals surface area contributed by atoms with Gasteiger partial charge in [0.15, 0.2) is 12.8 Å². The molecule has 0 bridgehead atoms. The number of oxazole rings is 2. The molecular formula is C28H38N2O6. The minimum Gasteiger partial charge on any atom is -0.458 e. The maximum absolute atomic E-state index is 13.0. The monoisotopic (exact) mass is 498 g/mol. The molecular weight excluding hydrogens is 460 g/mol. The van der Waals surface area contributed by atoms with Crippen molar-refractivity contribution in [3.8, 4) is 0 Å². The first-order valence-corrected chi connectivity index (χ1v) is 12.7. The summed E-state index contributed by atoms with van der Waals surface area (Å²) >= 11 is 0. The number of ether oxygens (including phenoxy) is 2. The third-order valence-corrected chi connectivity index (χ3v) is 6.76. The average Bonchev–Trinajstić information content (AvgIpc) is 3.51. The minimum absolute atomic E-state index is 0.0199. The van der Waals surface area contributed by atoms with E-state index >= 15 is 0 Å². The van der Waals surface area contributed by atoms with E-state index in [0.717, 1.165) is 0 Å². The van der Waals surface area contributed by atoms with Crippen molar-refractivity contribution in [3.63, 3.8) is 0 Å². The van der Waals surface area contributed by atoms with Crippen LogP contribution in [-0.2, 0) is 31.9 Å². The SMILES string of the molecule is CC1=C[C@H](C)C[C@@H](C)[C@@H](Cc2cnco2)OC(=O)C(C)=C[C@@H](C)C[C@@H](C)[C@@H](Cc2cnco2)OC1=O. The number of esters is 2. The standard InChI is InChI=1S/C28H38N2O6/c1-17-7-19(3)25(11-23-13-29-15-33-23)35-28(32)22(6)10-18(2)8-20(4)26(12-24-14-30-16-34-24)36-27(31)21(5)9-17/h9-10,13-20,25-26H,7-8,11-12H2,1-6H3/t17-,18+,19-,20-,25-,26-/m1/s1. The van der Waals surface area contributed by atoms with Gasteiger partial charge >= 0.3 is 11.9 Å². The highest BCUT2D eigenvalue weighted by atomic mass is 16.5. The summed E-state index contributed by atoms with van der Waals surface area (Å²) in [5.74, 6) is 0.843. The highest BCUT2D eigenvalue weighted by Crippen LogP contribution is 2.27. The van der Waals surface area contributed by atoms with E-state index in [0.29, 0.717) is 48.3 Å². The summed E-state index contributed by atoms with van der Waals surface area (Å²) in [6.07, 6.45) is 11.4. The van der Waals surface area contributed by atoms with Crippen molar-refractivity contribution < 1.29 is 27.9 Å². The minimum atomic E-state index is -0.384. The third-order valence-electron chi connectivity index (χ3n) is 6.76. The molecule has 3 rings (SSSR count). The molecule has 1 aliphatic rings. The second kappa shape index (κ2) is 12.7. The van der Waals surface area contributed by atoms with E-state index in [1.165, 1.54) is 12.8 Å². The molecule has 0 radical (unpaired) electrons. The fourth-order valence-electron chi connectivity index (χ4n) is 4.86. The topological polar surface area (TPSA) is 105 Å². The summed E-state index contributed by atoms with van der Waals surface area (Å²) in [5.41, 5.74) is 1.12. The Labute approximate surface area is 213 Å². The molecule has 3 heterocycles. The first-order valence-electron chi connectivity index (χ1n) is 12.7. The van der Waals surface area contributed by atoms with E-state index < -0.39 is 0 Å². The Morgan fingerprint density at radius 3 is 1.44 bits per heavy atom. The van der Waals surface area contributed by atoms with Crippen LogP contribution in [0.4, 0.5) is 0 Å². The molecule has 6 atom stereocenters. The van der Waals surface area contributed by atoms with Crippen LogP contribution in [0.1, 0.15) is 65.9 Å². The average molecular weight is 499 g/mol. The zero-order valence-corrected chi connectivity index (χ0v) is 22.1. The summed E-state index contributed by atoms with van der Waals surface area (Å²) < 4.78 is 22.8. The van der Waals surface area contributed by atoms with Crippen molar-refractivity contribution in [2.45, 2.75) is 79.4 Å². The van der Waals surface area contributed by atoms with Gasteiger partial charge in [-0.3, -0.25) is 0 Å². The molecule has 8 heteroatoms. The van der Waals surface area contributed by atoms with Crippen molar-refractivity contribution in [2.75, 3.05) is 0 Å². The molecule has 36 heavy (non-hydrogen) atoms. The summed E-state index contributed by atoms with van der Waals surface area (Å²) in [6.45, 7) is 11.8. The number of carbonyl (C=O) groups excluding carboxylic acids is 2. The van der Waals surface area contributed by atoms with Crippen LogP contribution in [0.5, 0.6) is 0 Å². The first kappa shape index (κ1) is 27.4. The molecule has 0 fully saturated rings. The van der Waals surface area contributed by atoms with Crippen molar-refractivity contribution in [2.24, 2.45) is 23.7 Å². The number of allylic oxidation sites excluding steroid dienone is 2. The second-order valence-electron chi connectivity index (χ2n) is 10.3. The maximum atomic E-state index is 13.0. The summed E-state index contributed by atoms with van der Waals surface area (Å²) in [6, 6.07) is 0. The van der Waals surface area contributed by atoms with Crippen LogP contribution in [0.3, 0.4) is 0 Å². The number of nitrogens with zero attached hydrogens (tertiary/aromatic N) is 2. The molecule has 2 aromatic heterocycles. The lowest BCUT2D eigenvalue weighted by atomic mass is 9.88. The number of carbonyl (C=O) groups is 2.